The molecule has 0 saturated carbocycles. The van der Waals surface area contributed by atoms with Gasteiger partial charge in [-0.05, 0) is 37.4 Å². The van der Waals surface area contributed by atoms with E-state index in [4.69, 9.17) is 0 Å². The van der Waals surface area contributed by atoms with Gasteiger partial charge in [0.25, 0.3) is 0 Å². The Morgan fingerprint density at radius 2 is 1.90 bits per heavy atom. The van der Waals surface area contributed by atoms with Crippen molar-refractivity contribution in [1.82, 2.24) is 0 Å². The molecule has 110 valence electrons. The molecule has 1 N–H and O–H groups in total. The minimum Gasteiger partial charge on any atom is -0.354 e. The van der Waals surface area contributed by atoms with Crippen molar-refractivity contribution in [1.29, 1.82) is 0 Å². The molecule has 0 spiro atoms. The summed E-state index contributed by atoms with van der Waals surface area (Å²) in [4.78, 5) is 7.10. The first kappa shape index (κ1) is 16.3. The van der Waals surface area contributed by atoms with Gasteiger partial charge in [0, 0.05) is 21.9 Å². The number of nitrogens with zero attached hydrogens (tertiary/aromatic N) is 1. The zero-order valence-corrected chi connectivity index (χ0v) is 14.4. The van der Waals surface area contributed by atoms with E-state index in [0.29, 0.717) is 0 Å². The number of fused-ring (bicyclic) bond motifs is 2. The van der Waals surface area contributed by atoms with Gasteiger partial charge in [0.15, 0.2) is 0 Å². The van der Waals surface area contributed by atoms with E-state index in [1.54, 1.807) is 11.8 Å². The van der Waals surface area contributed by atoms with Crippen LogP contribution in [0.5, 0.6) is 0 Å². The molecule has 1 aliphatic heterocycles. The van der Waals surface area contributed by atoms with Gasteiger partial charge >= 0.3 is 0 Å². The molecule has 0 radical (unpaired) electrons. The van der Waals surface area contributed by atoms with Gasteiger partial charge in [-0.15, -0.1) is 24.2 Å². The summed E-state index contributed by atoms with van der Waals surface area (Å²) in [5.74, 6) is 0. The highest BCUT2D eigenvalue weighted by Crippen LogP contribution is 2.44. The van der Waals surface area contributed by atoms with Crippen molar-refractivity contribution in [3.05, 3.63) is 48.0 Å². The number of rotatable bonds is 2. The number of thioether (sulfide) groups is 1. The molecule has 0 fully saturated rings. The van der Waals surface area contributed by atoms with Crippen LogP contribution in [0.1, 0.15) is 12.5 Å². The molecule has 0 saturated heterocycles. The first-order valence-electron chi connectivity index (χ1n) is 6.58. The molecule has 3 rings (SSSR count). The number of anilines is 2. The van der Waals surface area contributed by atoms with Crippen molar-refractivity contribution in [2.75, 3.05) is 18.1 Å². The van der Waals surface area contributed by atoms with E-state index in [2.05, 4.69) is 66.0 Å². The summed E-state index contributed by atoms with van der Waals surface area (Å²) in [6.07, 6.45) is 2.07. The minimum atomic E-state index is 0. The maximum atomic E-state index is 4.55. The van der Waals surface area contributed by atoms with Crippen molar-refractivity contribution < 1.29 is 0 Å². The lowest BCUT2D eigenvalue weighted by atomic mass is 10.2. The highest BCUT2D eigenvalue weighted by molar-refractivity contribution is 8.13. The van der Waals surface area contributed by atoms with Crippen LogP contribution >= 0.6 is 35.9 Å². The number of hydrogen-bond acceptors (Lipinski definition) is 4. The molecule has 0 aromatic heterocycles. The molecule has 0 unspecified atom stereocenters. The third-order valence-corrected chi connectivity index (χ3v) is 5.00. The first-order chi connectivity index (χ1) is 9.81. The van der Waals surface area contributed by atoms with E-state index in [1.165, 1.54) is 26.7 Å². The molecule has 5 heteroatoms. The third kappa shape index (κ3) is 3.39. The molecule has 2 aromatic rings. The summed E-state index contributed by atoms with van der Waals surface area (Å²) in [5, 5.41) is 4.61. The smallest absolute Gasteiger partial charge is 0.0974 e. The number of halogens is 1. The molecule has 0 atom stereocenters. The van der Waals surface area contributed by atoms with Crippen molar-refractivity contribution in [3.63, 3.8) is 0 Å². The van der Waals surface area contributed by atoms with Crippen molar-refractivity contribution >= 4 is 52.3 Å². The number of para-hydroxylation sites is 1. The lowest BCUT2D eigenvalue weighted by molar-refractivity contribution is 1.14. The number of nitrogens with one attached hydrogen (secondary N) is 1. The maximum Gasteiger partial charge on any atom is 0.0974 e. The van der Waals surface area contributed by atoms with Gasteiger partial charge in [0.1, 0.15) is 0 Å². The van der Waals surface area contributed by atoms with E-state index in [0.717, 1.165) is 11.6 Å². The summed E-state index contributed by atoms with van der Waals surface area (Å²) in [6.45, 7) is 2.89. The monoisotopic (exact) mass is 336 g/mol. The number of hydrogen-bond donors (Lipinski definition) is 1. The Labute approximate surface area is 140 Å². The zero-order valence-electron chi connectivity index (χ0n) is 11.9. The largest absolute Gasteiger partial charge is 0.354 e. The van der Waals surface area contributed by atoms with Crippen LogP contribution in [-0.2, 0) is 0 Å². The Morgan fingerprint density at radius 1 is 1.14 bits per heavy atom. The lowest BCUT2D eigenvalue weighted by Gasteiger charge is -2.21. The molecule has 0 amide bonds. The van der Waals surface area contributed by atoms with Crippen LogP contribution in [0.25, 0.3) is 0 Å². The Morgan fingerprint density at radius 3 is 2.67 bits per heavy atom. The van der Waals surface area contributed by atoms with E-state index in [-0.39, 0.29) is 12.4 Å². The van der Waals surface area contributed by atoms with Gasteiger partial charge in [-0.25, -0.2) is 0 Å². The Hall–Kier alpha value is -1.10. The molecular formula is C16H17ClN2S2. The average molecular weight is 337 g/mol. The predicted octanol–water partition coefficient (Wildman–Crippen LogP) is 5.45. The second kappa shape index (κ2) is 7.25. The zero-order chi connectivity index (χ0) is 13.9. The second-order valence-corrected chi connectivity index (χ2v) is 6.30. The van der Waals surface area contributed by atoms with Gasteiger partial charge in [0.2, 0.25) is 0 Å². The fourth-order valence-corrected chi connectivity index (χ4v) is 3.78. The van der Waals surface area contributed by atoms with E-state index < -0.39 is 0 Å². The second-order valence-electron chi connectivity index (χ2n) is 4.42. The lowest BCUT2D eigenvalue weighted by Crippen LogP contribution is -2.02. The maximum absolute atomic E-state index is 4.55. The molecule has 21 heavy (non-hydrogen) atoms. The van der Waals surface area contributed by atoms with Crippen LogP contribution in [0.15, 0.2) is 57.2 Å². The Balaban J connectivity index is 0.00000161. The van der Waals surface area contributed by atoms with Crippen LogP contribution in [0, 0.1) is 0 Å². The van der Waals surface area contributed by atoms with Gasteiger partial charge in [-0.3, -0.25) is 4.99 Å². The van der Waals surface area contributed by atoms with E-state index in [9.17, 15) is 0 Å². The van der Waals surface area contributed by atoms with Crippen molar-refractivity contribution in [2.45, 2.75) is 16.7 Å². The summed E-state index contributed by atoms with van der Waals surface area (Å²) < 4.78 is 0. The molecule has 0 bridgehead atoms. The summed E-state index contributed by atoms with van der Waals surface area (Å²) >= 11 is 3.51. The molecule has 2 nitrogen and oxygen atoms in total. The van der Waals surface area contributed by atoms with Crippen LogP contribution in [0.2, 0.25) is 0 Å². The van der Waals surface area contributed by atoms with Gasteiger partial charge in [-0.2, -0.15) is 0 Å². The van der Waals surface area contributed by atoms with E-state index >= 15 is 0 Å². The molecule has 0 aliphatic carbocycles. The van der Waals surface area contributed by atoms with Crippen LogP contribution in [-0.4, -0.2) is 17.8 Å². The average Bonchev–Trinajstić information content (AvgIpc) is 2.50. The van der Waals surface area contributed by atoms with Gasteiger partial charge in [-0.1, -0.05) is 30.0 Å². The normalized spacial score (nSPS) is 12.8. The van der Waals surface area contributed by atoms with Crippen LogP contribution in [0.3, 0.4) is 0 Å². The summed E-state index contributed by atoms with van der Waals surface area (Å²) in [6, 6.07) is 14.9. The molecule has 2 aromatic carbocycles. The Bertz CT molecular complexity index is 671. The van der Waals surface area contributed by atoms with Crippen molar-refractivity contribution in [2.24, 2.45) is 4.99 Å². The highest BCUT2D eigenvalue weighted by Gasteiger charge is 2.16. The number of aliphatic imine (C=N–C) groups is 1. The fraction of sp³-hybridized carbons (Fsp3) is 0.188. The number of benzene rings is 2. The Kier molecular flexibility index (Phi) is 5.62. The van der Waals surface area contributed by atoms with Gasteiger partial charge < -0.3 is 5.32 Å². The summed E-state index contributed by atoms with van der Waals surface area (Å²) in [7, 11) is 0. The predicted molar refractivity (Wildman–Crippen MR) is 98.1 cm³/mol. The van der Waals surface area contributed by atoms with Crippen LogP contribution < -0.4 is 5.32 Å². The van der Waals surface area contributed by atoms with E-state index in [1.807, 2.05) is 11.8 Å². The minimum absolute atomic E-state index is 0. The van der Waals surface area contributed by atoms with Crippen LogP contribution in [0.4, 0.5) is 11.4 Å². The molecule has 1 aliphatic rings. The van der Waals surface area contributed by atoms with Crippen molar-refractivity contribution in [3.8, 4) is 0 Å². The third-order valence-electron chi connectivity index (χ3n) is 3.10. The molecule has 1 heterocycles. The van der Waals surface area contributed by atoms with Gasteiger partial charge in [0.05, 0.1) is 16.4 Å². The fourth-order valence-electron chi connectivity index (χ4n) is 2.19. The first-order valence-corrected chi connectivity index (χ1v) is 8.62. The SMILES string of the molecule is CCN=C(SC)c1ccc2c(c1)Nc1ccccc1S2.Cl. The summed E-state index contributed by atoms with van der Waals surface area (Å²) in [5.41, 5.74) is 3.54. The topological polar surface area (TPSA) is 24.4 Å². The quantitative estimate of drug-likeness (QED) is 0.497. The standard InChI is InChI=1S/C16H16N2S2.ClH/c1-3-17-16(19-2)11-8-9-15-13(10-11)18-12-6-4-5-7-14(12)20-15;/h4-10,18H,3H2,1-2H3;1H. The highest BCUT2D eigenvalue weighted by atomic mass is 35.5. The molecular weight excluding hydrogens is 320 g/mol.